The minimum Gasteiger partial charge on any atom is -0.489 e. The average Bonchev–Trinajstić information content (AvgIpc) is 2.38. The maximum atomic E-state index is 9.49. The molecule has 0 saturated heterocycles. The first-order valence-electron chi connectivity index (χ1n) is 5.80. The van der Waals surface area contributed by atoms with Crippen molar-refractivity contribution in [3.05, 3.63) is 64.7 Å². The largest absolute Gasteiger partial charge is 0.489 e. The second-order valence-electron chi connectivity index (χ2n) is 4.16. The van der Waals surface area contributed by atoms with Crippen LogP contribution in [0.5, 0.6) is 5.75 Å². The van der Waals surface area contributed by atoms with E-state index in [0.717, 1.165) is 21.9 Å². The molecule has 0 amide bonds. The van der Waals surface area contributed by atoms with E-state index in [0.29, 0.717) is 6.61 Å². The van der Waals surface area contributed by atoms with Crippen molar-refractivity contribution in [2.24, 2.45) is 0 Å². The number of aliphatic hydroxyl groups is 1. The third kappa shape index (κ3) is 3.49. The number of ether oxygens (including phenoxy) is 1. The lowest BCUT2D eigenvalue weighted by Gasteiger charge is -2.09. The molecule has 3 heteroatoms. The first kappa shape index (κ1) is 12.9. The van der Waals surface area contributed by atoms with Crippen molar-refractivity contribution in [3.8, 4) is 5.75 Å². The smallest absolute Gasteiger partial charge is 0.120 e. The van der Waals surface area contributed by atoms with Crippen LogP contribution < -0.4 is 4.74 Å². The van der Waals surface area contributed by atoms with Gasteiger partial charge < -0.3 is 9.84 Å². The van der Waals surface area contributed by atoms with Crippen LogP contribution in [0.1, 0.15) is 24.2 Å². The predicted octanol–water partition coefficient (Wildman–Crippen LogP) is 3.97. The van der Waals surface area contributed by atoms with Gasteiger partial charge in [-0.3, -0.25) is 0 Å². The standard InChI is InChI=1S/C15H15ClO2/c1-11(17)13-3-2-4-15(9-13)18-10-12-5-7-14(16)8-6-12/h2-9,11,17H,10H2,1H3/t11-/m0/s1. The van der Waals surface area contributed by atoms with E-state index < -0.39 is 6.10 Å². The van der Waals surface area contributed by atoms with E-state index in [1.54, 1.807) is 6.92 Å². The van der Waals surface area contributed by atoms with E-state index in [1.807, 2.05) is 48.5 Å². The van der Waals surface area contributed by atoms with Crippen molar-refractivity contribution in [2.45, 2.75) is 19.6 Å². The zero-order chi connectivity index (χ0) is 13.0. The van der Waals surface area contributed by atoms with Gasteiger partial charge in [-0.25, -0.2) is 0 Å². The van der Waals surface area contributed by atoms with E-state index in [2.05, 4.69) is 0 Å². The predicted molar refractivity (Wildman–Crippen MR) is 72.9 cm³/mol. The lowest BCUT2D eigenvalue weighted by atomic mass is 10.1. The molecule has 0 bridgehead atoms. The van der Waals surface area contributed by atoms with Crippen LogP contribution in [0, 0.1) is 0 Å². The van der Waals surface area contributed by atoms with Crippen LogP contribution in [0.15, 0.2) is 48.5 Å². The van der Waals surface area contributed by atoms with Gasteiger partial charge in [-0.15, -0.1) is 0 Å². The van der Waals surface area contributed by atoms with E-state index in [-0.39, 0.29) is 0 Å². The Labute approximate surface area is 112 Å². The molecular formula is C15H15ClO2. The van der Waals surface area contributed by atoms with Crippen molar-refractivity contribution >= 4 is 11.6 Å². The highest BCUT2D eigenvalue weighted by Crippen LogP contribution is 2.20. The topological polar surface area (TPSA) is 29.5 Å². The molecule has 0 heterocycles. The summed E-state index contributed by atoms with van der Waals surface area (Å²) in [5, 5.41) is 10.2. The van der Waals surface area contributed by atoms with Gasteiger partial charge in [-0.1, -0.05) is 35.9 Å². The lowest BCUT2D eigenvalue weighted by molar-refractivity contribution is 0.198. The lowest BCUT2D eigenvalue weighted by Crippen LogP contribution is -1.97. The van der Waals surface area contributed by atoms with Crippen LogP contribution in [0.25, 0.3) is 0 Å². The molecular weight excluding hydrogens is 248 g/mol. The molecule has 0 fully saturated rings. The van der Waals surface area contributed by atoms with Gasteiger partial charge in [0.15, 0.2) is 0 Å². The molecule has 2 rings (SSSR count). The number of hydrogen-bond acceptors (Lipinski definition) is 2. The summed E-state index contributed by atoms with van der Waals surface area (Å²) in [6, 6.07) is 15.0. The maximum Gasteiger partial charge on any atom is 0.120 e. The zero-order valence-corrected chi connectivity index (χ0v) is 10.9. The molecule has 0 aliphatic carbocycles. The number of aliphatic hydroxyl groups excluding tert-OH is 1. The van der Waals surface area contributed by atoms with Crippen molar-refractivity contribution in [3.63, 3.8) is 0 Å². The summed E-state index contributed by atoms with van der Waals surface area (Å²) in [7, 11) is 0. The SMILES string of the molecule is C[C@H](O)c1cccc(OCc2ccc(Cl)cc2)c1. The molecule has 2 aromatic rings. The fraction of sp³-hybridized carbons (Fsp3) is 0.200. The molecule has 0 aliphatic rings. The summed E-state index contributed by atoms with van der Waals surface area (Å²) in [4.78, 5) is 0. The highest BCUT2D eigenvalue weighted by molar-refractivity contribution is 6.30. The van der Waals surface area contributed by atoms with Crippen molar-refractivity contribution < 1.29 is 9.84 Å². The minimum absolute atomic E-state index is 0.482. The maximum absolute atomic E-state index is 9.49. The molecule has 1 N–H and O–H groups in total. The van der Waals surface area contributed by atoms with Gasteiger partial charge in [0.05, 0.1) is 6.10 Å². The van der Waals surface area contributed by atoms with Crippen LogP contribution in [-0.2, 0) is 6.61 Å². The second-order valence-corrected chi connectivity index (χ2v) is 4.60. The van der Waals surface area contributed by atoms with Crippen molar-refractivity contribution in [1.82, 2.24) is 0 Å². The fourth-order valence-electron chi connectivity index (χ4n) is 1.61. The summed E-state index contributed by atoms with van der Waals surface area (Å²) in [5.41, 5.74) is 1.91. The van der Waals surface area contributed by atoms with Crippen molar-refractivity contribution in [1.29, 1.82) is 0 Å². The number of rotatable bonds is 4. The van der Waals surface area contributed by atoms with Gasteiger partial charge >= 0.3 is 0 Å². The van der Waals surface area contributed by atoms with Gasteiger partial charge in [0, 0.05) is 5.02 Å². The molecule has 2 aromatic carbocycles. The monoisotopic (exact) mass is 262 g/mol. The molecule has 0 spiro atoms. The zero-order valence-electron chi connectivity index (χ0n) is 10.1. The minimum atomic E-state index is -0.482. The van der Waals surface area contributed by atoms with E-state index in [4.69, 9.17) is 16.3 Å². The molecule has 0 saturated carbocycles. The Morgan fingerprint density at radius 2 is 1.89 bits per heavy atom. The summed E-state index contributed by atoms with van der Waals surface area (Å²) in [6.45, 7) is 2.22. The van der Waals surface area contributed by atoms with Crippen LogP contribution in [0.4, 0.5) is 0 Å². The van der Waals surface area contributed by atoms with E-state index in [1.165, 1.54) is 0 Å². The number of benzene rings is 2. The van der Waals surface area contributed by atoms with Crippen LogP contribution >= 0.6 is 11.6 Å². The van der Waals surface area contributed by atoms with Gasteiger partial charge in [0.25, 0.3) is 0 Å². The number of halogens is 1. The highest BCUT2D eigenvalue weighted by atomic mass is 35.5. The van der Waals surface area contributed by atoms with E-state index in [9.17, 15) is 5.11 Å². The quantitative estimate of drug-likeness (QED) is 0.903. The average molecular weight is 263 g/mol. The Morgan fingerprint density at radius 1 is 1.17 bits per heavy atom. The van der Waals surface area contributed by atoms with Gasteiger partial charge in [-0.05, 0) is 42.3 Å². The second kappa shape index (κ2) is 5.89. The summed E-state index contributed by atoms with van der Waals surface area (Å²) in [5.74, 6) is 0.753. The Balaban J connectivity index is 2.01. The molecule has 94 valence electrons. The van der Waals surface area contributed by atoms with Crippen LogP contribution in [-0.4, -0.2) is 5.11 Å². The van der Waals surface area contributed by atoms with E-state index >= 15 is 0 Å². The molecule has 0 unspecified atom stereocenters. The third-order valence-corrected chi connectivity index (χ3v) is 2.91. The molecule has 0 aliphatic heterocycles. The van der Waals surface area contributed by atoms with Gasteiger partial charge in [0.2, 0.25) is 0 Å². The third-order valence-electron chi connectivity index (χ3n) is 2.66. The van der Waals surface area contributed by atoms with Gasteiger partial charge in [0.1, 0.15) is 12.4 Å². The number of hydrogen-bond donors (Lipinski definition) is 1. The summed E-state index contributed by atoms with van der Waals surface area (Å²) in [6.07, 6.45) is -0.482. The normalized spacial score (nSPS) is 12.2. The van der Waals surface area contributed by atoms with Crippen molar-refractivity contribution in [2.75, 3.05) is 0 Å². The Bertz CT molecular complexity index is 506. The Morgan fingerprint density at radius 3 is 2.56 bits per heavy atom. The Kier molecular flexibility index (Phi) is 4.24. The Hall–Kier alpha value is -1.51. The first-order valence-corrected chi connectivity index (χ1v) is 6.18. The first-order chi connectivity index (χ1) is 8.65. The van der Waals surface area contributed by atoms with Crippen LogP contribution in [0.3, 0.4) is 0 Å². The summed E-state index contributed by atoms with van der Waals surface area (Å²) >= 11 is 5.82. The highest BCUT2D eigenvalue weighted by Gasteiger charge is 2.02. The molecule has 0 aromatic heterocycles. The fourth-order valence-corrected chi connectivity index (χ4v) is 1.74. The van der Waals surface area contributed by atoms with Gasteiger partial charge in [-0.2, -0.15) is 0 Å². The summed E-state index contributed by atoms with van der Waals surface area (Å²) < 4.78 is 5.67. The molecule has 2 nitrogen and oxygen atoms in total. The molecule has 0 radical (unpaired) electrons. The van der Waals surface area contributed by atoms with Crippen LogP contribution in [0.2, 0.25) is 5.02 Å². The molecule has 1 atom stereocenters. The molecule has 18 heavy (non-hydrogen) atoms.